The van der Waals surface area contributed by atoms with Gasteiger partial charge < -0.3 is 10.2 Å². The van der Waals surface area contributed by atoms with Crippen molar-refractivity contribution in [2.24, 2.45) is 0 Å². The largest absolute Gasteiger partial charge is 0.379 e. The van der Waals surface area contributed by atoms with Gasteiger partial charge in [0.1, 0.15) is 11.6 Å². The lowest BCUT2D eigenvalue weighted by atomic mass is 9.96. The predicted octanol–water partition coefficient (Wildman–Crippen LogP) is 5.30. The molecule has 31 heavy (non-hydrogen) atoms. The molecule has 160 valence electrons. The number of hydrogen-bond donors (Lipinski definition) is 1. The Bertz CT molecular complexity index is 940. The number of nitrogens with zero attached hydrogens (tertiary/aromatic N) is 2. The van der Waals surface area contributed by atoms with E-state index in [1.807, 2.05) is 12.1 Å². The first kappa shape index (κ1) is 21.1. The van der Waals surface area contributed by atoms with Crippen molar-refractivity contribution in [1.82, 2.24) is 9.80 Å². The van der Waals surface area contributed by atoms with Crippen LogP contribution in [-0.4, -0.2) is 42.5 Å². The van der Waals surface area contributed by atoms with Crippen molar-refractivity contribution in [1.29, 1.82) is 0 Å². The van der Waals surface area contributed by atoms with Crippen molar-refractivity contribution < 1.29 is 8.78 Å². The number of nitrogens with one attached hydrogen (secondary N) is 1. The van der Waals surface area contributed by atoms with Gasteiger partial charge in [-0.25, -0.2) is 8.78 Å². The topological polar surface area (TPSA) is 18.5 Å². The van der Waals surface area contributed by atoms with Gasteiger partial charge in [0, 0.05) is 43.6 Å². The van der Waals surface area contributed by atoms with Gasteiger partial charge in [-0.15, -0.1) is 0 Å². The first-order valence-corrected chi connectivity index (χ1v) is 10.6. The van der Waals surface area contributed by atoms with E-state index in [1.54, 1.807) is 0 Å². The van der Waals surface area contributed by atoms with Gasteiger partial charge >= 0.3 is 0 Å². The molecule has 4 rings (SSSR count). The van der Waals surface area contributed by atoms with E-state index < -0.39 is 11.6 Å². The average Bonchev–Trinajstić information content (AvgIpc) is 2.79. The molecule has 0 spiro atoms. The summed E-state index contributed by atoms with van der Waals surface area (Å²) in [5.74, 6) is -1.18. The second-order valence-corrected chi connectivity index (χ2v) is 7.82. The van der Waals surface area contributed by atoms with E-state index in [0.717, 1.165) is 37.9 Å². The Kier molecular flexibility index (Phi) is 6.63. The van der Waals surface area contributed by atoms with Gasteiger partial charge in [-0.05, 0) is 23.3 Å². The molecular formula is C26H27F2N3. The van der Waals surface area contributed by atoms with E-state index in [9.17, 15) is 8.78 Å². The zero-order valence-electron chi connectivity index (χ0n) is 17.5. The minimum atomic E-state index is -0.588. The van der Waals surface area contributed by atoms with Gasteiger partial charge in [0.15, 0.2) is 0 Å². The zero-order chi connectivity index (χ0) is 21.6. The fourth-order valence-corrected chi connectivity index (χ4v) is 4.15. The molecule has 1 N–H and O–H groups in total. The molecule has 1 aliphatic rings. The molecule has 0 unspecified atom stereocenters. The van der Waals surface area contributed by atoms with Crippen LogP contribution in [0.3, 0.4) is 0 Å². The van der Waals surface area contributed by atoms with E-state index in [-0.39, 0.29) is 6.04 Å². The second-order valence-electron chi connectivity index (χ2n) is 7.82. The smallest absolute Gasteiger partial charge is 0.128 e. The Hall–Kier alpha value is -3.18. The van der Waals surface area contributed by atoms with Crippen molar-refractivity contribution in [3.8, 4) is 0 Å². The Morgan fingerprint density at radius 1 is 0.806 bits per heavy atom. The molecular weight excluding hydrogens is 392 g/mol. The molecule has 0 amide bonds. The van der Waals surface area contributed by atoms with Crippen LogP contribution in [0.25, 0.3) is 0 Å². The van der Waals surface area contributed by atoms with Crippen molar-refractivity contribution >= 4 is 5.69 Å². The predicted molar refractivity (Wildman–Crippen MR) is 122 cm³/mol. The number of hydrogen-bond acceptors (Lipinski definition) is 3. The molecule has 0 saturated carbocycles. The normalized spacial score (nSPS) is 14.6. The minimum absolute atomic E-state index is 0.214. The minimum Gasteiger partial charge on any atom is -0.379 e. The summed E-state index contributed by atoms with van der Waals surface area (Å²) in [6, 6.07) is 24.9. The lowest BCUT2D eigenvalue weighted by molar-refractivity contribution is 0.131. The Morgan fingerprint density at radius 2 is 1.32 bits per heavy atom. The Balaban J connectivity index is 1.39. The summed E-state index contributed by atoms with van der Waals surface area (Å²) in [4.78, 5) is 4.75. The lowest BCUT2D eigenvalue weighted by Crippen LogP contribution is -2.47. The summed E-state index contributed by atoms with van der Waals surface area (Å²) in [5.41, 5.74) is 3.91. The highest BCUT2D eigenvalue weighted by molar-refractivity contribution is 5.44. The van der Waals surface area contributed by atoms with E-state index >= 15 is 0 Å². The van der Waals surface area contributed by atoms with Crippen LogP contribution in [0.1, 0.15) is 17.2 Å². The van der Waals surface area contributed by atoms with E-state index in [0.29, 0.717) is 12.2 Å². The van der Waals surface area contributed by atoms with Crippen molar-refractivity contribution in [2.45, 2.75) is 6.04 Å². The Labute approximate surface area is 182 Å². The quantitative estimate of drug-likeness (QED) is 0.561. The van der Waals surface area contributed by atoms with Gasteiger partial charge in [-0.2, -0.15) is 0 Å². The van der Waals surface area contributed by atoms with Gasteiger partial charge in [0.25, 0.3) is 0 Å². The van der Waals surface area contributed by atoms with Crippen LogP contribution < -0.4 is 5.32 Å². The Morgan fingerprint density at radius 3 is 1.84 bits per heavy atom. The third-order valence-corrected chi connectivity index (χ3v) is 5.72. The average molecular weight is 420 g/mol. The number of benzene rings is 3. The van der Waals surface area contributed by atoms with Crippen LogP contribution in [-0.2, 0) is 0 Å². The van der Waals surface area contributed by atoms with Gasteiger partial charge in [-0.1, -0.05) is 67.2 Å². The number of piperazine rings is 1. The molecule has 1 fully saturated rings. The van der Waals surface area contributed by atoms with E-state index in [1.165, 1.54) is 23.3 Å². The molecule has 3 aromatic rings. The van der Waals surface area contributed by atoms with E-state index in [4.69, 9.17) is 0 Å². The second kappa shape index (κ2) is 9.75. The van der Waals surface area contributed by atoms with Crippen LogP contribution in [0, 0.1) is 11.6 Å². The molecule has 1 saturated heterocycles. The molecule has 5 heteroatoms. The molecule has 0 radical (unpaired) electrons. The molecule has 0 aliphatic carbocycles. The van der Waals surface area contributed by atoms with E-state index in [2.05, 4.69) is 70.2 Å². The standard InChI is InChI=1S/C26H27F2N3/c1-20(19-29-25-17-23(27)16-24(28)18-25)30-12-14-31(15-13-30)26(21-8-4-2-5-9-21)22-10-6-3-7-11-22/h2-11,16-18,26,29H,1,12-15,19H2. The first-order valence-electron chi connectivity index (χ1n) is 10.6. The highest BCUT2D eigenvalue weighted by Gasteiger charge is 2.26. The molecule has 1 heterocycles. The molecule has 3 aromatic carbocycles. The van der Waals surface area contributed by atoms with Crippen LogP contribution in [0.15, 0.2) is 91.1 Å². The maximum Gasteiger partial charge on any atom is 0.128 e. The molecule has 3 nitrogen and oxygen atoms in total. The van der Waals surface area contributed by atoms with Gasteiger partial charge in [-0.3, -0.25) is 4.90 Å². The van der Waals surface area contributed by atoms with Crippen LogP contribution >= 0.6 is 0 Å². The van der Waals surface area contributed by atoms with Crippen LogP contribution in [0.2, 0.25) is 0 Å². The summed E-state index contributed by atoms with van der Waals surface area (Å²) in [6.45, 7) is 8.15. The van der Waals surface area contributed by atoms with Crippen molar-refractivity contribution in [2.75, 3.05) is 38.0 Å². The van der Waals surface area contributed by atoms with Crippen molar-refractivity contribution in [3.63, 3.8) is 0 Å². The highest BCUT2D eigenvalue weighted by Crippen LogP contribution is 2.29. The van der Waals surface area contributed by atoms with Crippen LogP contribution in [0.4, 0.5) is 14.5 Å². The fourth-order valence-electron chi connectivity index (χ4n) is 4.15. The lowest BCUT2D eigenvalue weighted by Gasteiger charge is -2.41. The summed E-state index contributed by atoms with van der Waals surface area (Å²) in [6.07, 6.45) is 0. The number of halogens is 2. The first-order chi connectivity index (χ1) is 15.1. The summed E-state index contributed by atoms with van der Waals surface area (Å²) in [7, 11) is 0. The maximum absolute atomic E-state index is 13.4. The molecule has 0 aromatic heterocycles. The zero-order valence-corrected chi connectivity index (χ0v) is 17.5. The van der Waals surface area contributed by atoms with Crippen LogP contribution in [0.5, 0.6) is 0 Å². The third-order valence-electron chi connectivity index (χ3n) is 5.72. The molecule has 1 aliphatic heterocycles. The third kappa shape index (κ3) is 5.30. The summed E-state index contributed by atoms with van der Waals surface area (Å²) >= 11 is 0. The highest BCUT2D eigenvalue weighted by atomic mass is 19.1. The maximum atomic E-state index is 13.4. The number of rotatable bonds is 7. The summed E-state index contributed by atoms with van der Waals surface area (Å²) < 4.78 is 26.8. The SMILES string of the molecule is C=C(CNc1cc(F)cc(F)c1)N1CCN(C(c2ccccc2)c2ccccc2)CC1. The van der Waals surface area contributed by atoms with Gasteiger partial charge in [0.2, 0.25) is 0 Å². The summed E-state index contributed by atoms with van der Waals surface area (Å²) in [5, 5.41) is 3.07. The fraction of sp³-hybridized carbons (Fsp3) is 0.231. The van der Waals surface area contributed by atoms with Gasteiger partial charge in [0.05, 0.1) is 12.6 Å². The number of anilines is 1. The molecule has 0 atom stereocenters. The molecule has 0 bridgehead atoms. The monoisotopic (exact) mass is 419 g/mol. The van der Waals surface area contributed by atoms with Crippen molar-refractivity contribution in [3.05, 3.63) is 114 Å².